The van der Waals surface area contributed by atoms with Gasteiger partial charge in [0, 0.05) is 11.8 Å². The second-order valence-electron chi connectivity index (χ2n) is 3.86. The summed E-state index contributed by atoms with van der Waals surface area (Å²) >= 11 is 0. The van der Waals surface area contributed by atoms with Crippen LogP contribution in [0, 0.1) is 15.9 Å². The van der Waals surface area contributed by atoms with Crippen molar-refractivity contribution >= 4 is 23.1 Å². The Morgan fingerprint density at radius 3 is 2.55 bits per heavy atom. The van der Waals surface area contributed by atoms with Gasteiger partial charge in [0.1, 0.15) is 11.5 Å². The molecule has 0 fully saturated rings. The highest BCUT2D eigenvalue weighted by molar-refractivity contribution is 6.01. The molecular formula is C13H10FN3O3. The van der Waals surface area contributed by atoms with Gasteiger partial charge in [0.05, 0.1) is 4.92 Å². The van der Waals surface area contributed by atoms with Crippen LogP contribution in [0.25, 0.3) is 0 Å². The maximum atomic E-state index is 13.0. The van der Waals surface area contributed by atoms with E-state index in [-0.39, 0.29) is 17.1 Å². The van der Waals surface area contributed by atoms with E-state index in [4.69, 9.17) is 0 Å². The van der Waals surface area contributed by atoms with Crippen molar-refractivity contribution in [3.05, 3.63) is 64.5 Å². The molecule has 0 unspecified atom stereocenters. The molecular weight excluding hydrogens is 265 g/mol. The number of amides is 2. The molecule has 0 aliphatic carbocycles. The van der Waals surface area contributed by atoms with Gasteiger partial charge in [-0.05, 0) is 24.3 Å². The van der Waals surface area contributed by atoms with E-state index < -0.39 is 16.8 Å². The predicted molar refractivity (Wildman–Crippen MR) is 72.1 cm³/mol. The average Bonchev–Trinajstić information content (AvgIpc) is 2.38. The van der Waals surface area contributed by atoms with E-state index in [2.05, 4.69) is 10.6 Å². The summed E-state index contributed by atoms with van der Waals surface area (Å²) in [5.74, 6) is -0.492. The number of carbonyl (C=O) groups excluding carboxylic acids is 1. The highest BCUT2D eigenvalue weighted by Crippen LogP contribution is 2.23. The smallest absolute Gasteiger partial charge is 0.308 e. The monoisotopic (exact) mass is 275 g/mol. The summed E-state index contributed by atoms with van der Waals surface area (Å²) in [5.41, 5.74) is 0.0920. The van der Waals surface area contributed by atoms with Crippen molar-refractivity contribution in [2.45, 2.75) is 0 Å². The van der Waals surface area contributed by atoms with E-state index in [1.165, 1.54) is 36.4 Å². The molecule has 0 spiro atoms. The first kappa shape index (κ1) is 13.5. The second-order valence-corrected chi connectivity index (χ2v) is 3.86. The summed E-state index contributed by atoms with van der Waals surface area (Å²) in [6, 6.07) is 10.4. The number of hydrogen-bond acceptors (Lipinski definition) is 3. The third-order valence-corrected chi connectivity index (χ3v) is 2.43. The van der Waals surface area contributed by atoms with E-state index in [1.54, 1.807) is 6.07 Å². The van der Waals surface area contributed by atoms with Crippen molar-refractivity contribution in [2.75, 3.05) is 10.6 Å². The van der Waals surface area contributed by atoms with Crippen molar-refractivity contribution in [3.8, 4) is 0 Å². The summed E-state index contributed by atoms with van der Waals surface area (Å²) in [6.07, 6.45) is 0. The Bertz CT molecular complexity index is 661. The van der Waals surface area contributed by atoms with Gasteiger partial charge in [0.15, 0.2) is 0 Å². The Labute approximate surface area is 113 Å². The molecule has 6 nitrogen and oxygen atoms in total. The Balaban J connectivity index is 2.11. The number of anilines is 2. The summed E-state index contributed by atoms with van der Waals surface area (Å²) in [4.78, 5) is 21.9. The normalized spacial score (nSPS) is 9.85. The van der Waals surface area contributed by atoms with Crippen LogP contribution in [0.4, 0.5) is 26.2 Å². The summed E-state index contributed by atoms with van der Waals surface area (Å²) in [6.45, 7) is 0. The summed E-state index contributed by atoms with van der Waals surface area (Å²) < 4.78 is 13.0. The first-order valence-corrected chi connectivity index (χ1v) is 5.63. The Kier molecular flexibility index (Phi) is 3.90. The first-order chi connectivity index (χ1) is 9.56. The van der Waals surface area contributed by atoms with E-state index in [0.29, 0.717) is 0 Å². The van der Waals surface area contributed by atoms with Gasteiger partial charge in [-0.1, -0.05) is 18.2 Å². The van der Waals surface area contributed by atoms with Gasteiger partial charge in [-0.3, -0.25) is 10.1 Å². The van der Waals surface area contributed by atoms with Gasteiger partial charge in [0.2, 0.25) is 0 Å². The van der Waals surface area contributed by atoms with E-state index in [9.17, 15) is 19.3 Å². The molecule has 7 heteroatoms. The number of nitrogens with zero attached hydrogens (tertiary/aromatic N) is 1. The third kappa shape index (κ3) is 3.29. The number of nitrogens with one attached hydrogen (secondary N) is 2. The van der Waals surface area contributed by atoms with Crippen molar-refractivity contribution in [1.82, 2.24) is 0 Å². The number of nitro groups is 1. The fourth-order valence-electron chi connectivity index (χ4n) is 1.59. The molecule has 102 valence electrons. The molecule has 0 aliphatic rings. The van der Waals surface area contributed by atoms with Crippen LogP contribution in [0.1, 0.15) is 0 Å². The zero-order valence-corrected chi connectivity index (χ0v) is 10.2. The molecule has 0 radical (unpaired) electrons. The molecule has 2 amide bonds. The van der Waals surface area contributed by atoms with Crippen LogP contribution in [0.3, 0.4) is 0 Å². The fraction of sp³-hybridized carbons (Fsp3) is 0. The van der Waals surface area contributed by atoms with Crippen LogP contribution in [0.5, 0.6) is 0 Å². The topological polar surface area (TPSA) is 84.3 Å². The maximum absolute atomic E-state index is 13.0. The molecule has 0 saturated heterocycles. The quantitative estimate of drug-likeness (QED) is 0.665. The van der Waals surface area contributed by atoms with E-state index >= 15 is 0 Å². The number of halogens is 1. The molecule has 0 saturated carbocycles. The Morgan fingerprint density at radius 1 is 1.10 bits per heavy atom. The average molecular weight is 275 g/mol. The molecule has 2 aromatic carbocycles. The summed E-state index contributed by atoms with van der Waals surface area (Å²) in [7, 11) is 0. The maximum Gasteiger partial charge on any atom is 0.323 e. The van der Waals surface area contributed by atoms with Crippen molar-refractivity contribution in [3.63, 3.8) is 0 Å². The number of nitro benzene ring substituents is 1. The van der Waals surface area contributed by atoms with E-state index in [0.717, 1.165) is 6.07 Å². The van der Waals surface area contributed by atoms with Gasteiger partial charge >= 0.3 is 6.03 Å². The lowest BCUT2D eigenvalue weighted by molar-refractivity contribution is -0.383. The standard InChI is InChI=1S/C13H10FN3O3/c14-9-4-3-5-10(8-9)15-13(18)16-11-6-1-2-7-12(11)17(19)20/h1-8H,(H2,15,16,18). The fourth-order valence-corrected chi connectivity index (χ4v) is 1.59. The third-order valence-electron chi connectivity index (χ3n) is 2.43. The first-order valence-electron chi connectivity index (χ1n) is 5.63. The number of urea groups is 1. The van der Waals surface area contributed by atoms with Gasteiger partial charge < -0.3 is 10.6 Å². The van der Waals surface area contributed by atoms with Crippen LogP contribution in [-0.2, 0) is 0 Å². The van der Waals surface area contributed by atoms with Crippen LogP contribution in [-0.4, -0.2) is 11.0 Å². The molecule has 2 N–H and O–H groups in total. The van der Waals surface area contributed by atoms with Crippen LogP contribution in [0.2, 0.25) is 0 Å². The lowest BCUT2D eigenvalue weighted by atomic mass is 10.2. The van der Waals surface area contributed by atoms with Crippen LogP contribution >= 0.6 is 0 Å². The highest BCUT2D eigenvalue weighted by Gasteiger charge is 2.14. The van der Waals surface area contributed by atoms with Crippen molar-refractivity contribution in [2.24, 2.45) is 0 Å². The molecule has 0 aliphatic heterocycles. The van der Waals surface area contributed by atoms with Crippen LogP contribution in [0.15, 0.2) is 48.5 Å². The van der Waals surface area contributed by atoms with Gasteiger partial charge in [-0.15, -0.1) is 0 Å². The predicted octanol–water partition coefficient (Wildman–Crippen LogP) is 3.38. The Hall–Kier alpha value is -2.96. The zero-order valence-electron chi connectivity index (χ0n) is 10.2. The number of carbonyl (C=O) groups is 1. The van der Waals surface area contributed by atoms with Crippen molar-refractivity contribution < 1.29 is 14.1 Å². The van der Waals surface area contributed by atoms with Gasteiger partial charge in [-0.2, -0.15) is 0 Å². The zero-order chi connectivity index (χ0) is 14.5. The van der Waals surface area contributed by atoms with Crippen molar-refractivity contribution in [1.29, 1.82) is 0 Å². The molecule has 20 heavy (non-hydrogen) atoms. The van der Waals surface area contributed by atoms with Gasteiger partial charge in [-0.25, -0.2) is 9.18 Å². The van der Waals surface area contributed by atoms with Crippen LogP contribution < -0.4 is 10.6 Å². The minimum absolute atomic E-state index is 0.0615. The number of para-hydroxylation sites is 2. The minimum atomic E-state index is -0.690. The number of benzene rings is 2. The molecule has 0 atom stereocenters. The highest BCUT2D eigenvalue weighted by atomic mass is 19.1. The number of rotatable bonds is 3. The van der Waals surface area contributed by atoms with E-state index in [1.807, 2.05) is 0 Å². The lowest BCUT2D eigenvalue weighted by Gasteiger charge is -2.07. The minimum Gasteiger partial charge on any atom is -0.308 e. The molecule has 2 aromatic rings. The molecule has 2 rings (SSSR count). The lowest BCUT2D eigenvalue weighted by Crippen LogP contribution is -2.20. The molecule has 0 aromatic heterocycles. The second kappa shape index (κ2) is 5.79. The van der Waals surface area contributed by atoms with Gasteiger partial charge in [0.25, 0.3) is 5.69 Å². The SMILES string of the molecule is O=C(Nc1cccc(F)c1)Nc1ccccc1[N+](=O)[O-]. The largest absolute Gasteiger partial charge is 0.323 e. The molecule has 0 bridgehead atoms. The number of hydrogen-bond donors (Lipinski definition) is 2. The summed E-state index contributed by atoms with van der Waals surface area (Å²) in [5, 5.41) is 15.5. The Morgan fingerprint density at radius 2 is 1.85 bits per heavy atom. The molecule has 0 heterocycles.